The minimum absolute atomic E-state index is 0. The molecule has 10 heteroatoms. The first-order valence-corrected chi connectivity index (χ1v) is 9.84. The molecule has 1 aromatic carbocycles. The van der Waals surface area contributed by atoms with E-state index in [0.717, 1.165) is 34.6 Å². The van der Waals surface area contributed by atoms with E-state index in [9.17, 15) is 13.2 Å². The summed E-state index contributed by atoms with van der Waals surface area (Å²) in [6.45, 7) is 8.80. The number of hydrogen-bond acceptors (Lipinski definition) is 3. The van der Waals surface area contributed by atoms with Crippen LogP contribution in [0.25, 0.3) is 0 Å². The Balaban J connectivity index is 0.00000480. The van der Waals surface area contributed by atoms with E-state index < -0.39 is 11.7 Å². The minimum atomic E-state index is -4.33. The molecule has 0 amide bonds. The normalized spacial score (nSPS) is 11.9. The maximum absolute atomic E-state index is 12.8. The van der Waals surface area contributed by atoms with E-state index in [1.54, 1.807) is 7.11 Å². The summed E-state index contributed by atoms with van der Waals surface area (Å²) < 4.78 is 45.3. The highest BCUT2D eigenvalue weighted by atomic mass is 127. The molecular weight excluding hydrogens is 522 g/mol. The van der Waals surface area contributed by atoms with Crippen molar-refractivity contribution in [3.63, 3.8) is 0 Å². The second-order valence-corrected chi connectivity index (χ2v) is 7.09. The zero-order valence-electron chi connectivity index (χ0n) is 18.6. The van der Waals surface area contributed by atoms with E-state index in [0.29, 0.717) is 38.7 Å². The lowest BCUT2D eigenvalue weighted by Gasteiger charge is -2.22. The Hall–Kier alpha value is -1.82. The molecule has 0 saturated heterocycles. The van der Waals surface area contributed by atoms with Crippen molar-refractivity contribution < 1.29 is 17.9 Å². The summed E-state index contributed by atoms with van der Waals surface area (Å²) in [5, 5.41) is 7.79. The molecule has 0 atom stereocenters. The van der Waals surface area contributed by atoms with Gasteiger partial charge in [0.25, 0.3) is 0 Å². The molecule has 2 aromatic rings. The fraction of sp³-hybridized carbons (Fsp3) is 0.524. The van der Waals surface area contributed by atoms with Crippen molar-refractivity contribution in [1.29, 1.82) is 0 Å². The molecule has 1 N–H and O–H groups in total. The van der Waals surface area contributed by atoms with E-state index in [4.69, 9.17) is 9.73 Å². The lowest BCUT2D eigenvalue weighted by molar-refractivity contribution is -0.137. The highest BCUT2D eigenvalue weighted by molar-refractivity contribution is 14.0. The van der Waals surface area contributed by atoms with E-state index in [1.165, 1.54) is 12.1 Å². The molecule has 1 aromatic heterocycles. The van der Waals surface area contributed by atoms with Gasteiger partial charge in [0.05, 0.1) is 31.0 Å². The van der Waals surface area contributed by atoms with Gasteiger partial charge in [-0.15, -0.1) is 24.0 Å². The van der Waals surface area contributed by atoms with Crippen LogP contribution in [-0.4, -0.2) is 47.9 Å². The Bertz CT molecular complexity index is 850. The highest BCUT2D eigenvalue weighted by Gasteiger charge is 2.29. The average Bonchev–Trinajstić information content (AvgIpc) is 2.96. The van der Waals surface area contributed by atoms with Gasteiger partial charge in [0.15, 0.2) is 5.96 Å². The maximum Gasteiger partial charge on any atom is 0.416 e. The summed E-state index contributed by atoms with van der Waals surface area (Å²) in [7, 11) is 3.52. The summed E-state index contributed by atoms with van der Waals surface area (Å²) in [5.41, 5.74) is 3.16. The topological polar surface area (TPSA) is 54.7 Å². The fourth-order valence-corrected chi connectivity index (χ4v) is 3.13. The van der Waals surface area contributed by atoms with Crippen LogP contribution in [0.15, 0.2) is 29.3 Å². The number of aromatic nitrogens is 2. The van der Waals surface area contributed by atoms with Crippen LogP contribution in [0.4, 0.5) is 13.2 Å². The summed E-state index contributed by atoms with van der Waals surface area (Å²) in [6, 6.07) is 5.21. The number of guanidine groups is 1. The smallest absolute Gasteiger partial charge is 0.383 e. The third-order valence-electron chi connectivity index (χ3n) is 4.82. The number of nitrogens with zero attached hydrogens (tertiary/aromatic N) is 4. The van der Waals surface area contributed by atoms with E-state index >= 15 is 0 Å². The standard InChI is InChI=1S/C21H30F3N5O.HI/c1-6-25-20(26-13-19-15(2)27-29(16(19)3)11-12-30-5)28(4)14-17-7-9-18(10-8-17)21(22,23)24;/h7-10H,6,11-14H2,1-5H3,(H,25,26);1H. The predicted octanol–water partition coefficient (Wildman–Crippen LogP) is 4.38. The van der Waals surface area contributed by atoms with Gasteiger partial charge in [-0.05, 0) is 38.5 Å². The van der Waals surface area contributed by atoms with Gasteiger partial charge < -0.3 is 15.0 Å². The molecule has 0 aliphatic heterocycles. The second kappa shape index (κ2) is 12.3. The first-order chi connectivity index (χ1) is 14.2. The number of alkyl halides is 3. The van der Waals surface area contributed by atoms with Crippen LogP contribution in [0.2, 0.25) is 0 Å². The molecular formula is C21H31F3IN5O. The maximum atomic E-state index is 12.8. The van der Waals surface area contributed by atoms with Crippen molar-refractivity contribution in [3.05, 3.63) is 52.3 Å². The van der Waals surface area contributed by atoms with Gasteiger partial charge in [-0.1, -0.05) is 12.1 Å². The second-order valence-electron chi connectivity index (χ2n) is 7.09. The zero-order valence-corrected chi connectivity index (χ0v) is 20.9. The quantitative estimate of drug-likeness (QED) is 0.300. The van der Waals surface area contributed by atoms with Gasteiger partial charge >= 0.3 is 6.18 Å². The number of hydrogen-bond donors (Lipinski definition) is 1. The number of methoxy groups -OCH3 is 1. The molecule has 31 heavy (non-hydrogen) atoms. The van der Waals surface area contributed by atoms with Crippen molar-refractivity contribution in [3.8, 4) is 0 Å². The number of aryl methyl sites for hydroxylation is 1. The minimum Gasteiger partial charge on any atom is -0.383 e. The van der Waals surface area contributed by atoms with Crippen molar-refractivity contribution in [2.75, 3.05) is 27.3 Å². The van der Waals surface area contributed by atoms with Gasteiger partial charge in [0.1, 0.15) is 0 Å². The van der Waals surface area contributed by atoms with Crippen molar-refractivity contribution >= 4 is 29.9 Å². The summed E-state index contributed by atoms with van der Waals surface area (Å²) in [6.07, 6.45) is -4.33. The average molecular weight is 553 g/mol. The van der Waals surface area contributed by atoms with Crippen LogP contribution in [-0.2, 0) is 30.5 Å². The lowest BCUT2D eigenvalue weighted by atomic mass is 10.1. The Labute approximate surface area is 198 Å². The van der Waals surface area contributed by atoms with Gasteiger partial charge in [-0.2, -0.15) is 18.3 Å². The summed E-state index contributed by atoms with van der Waals surface area (Å²) >= 11 is 0. The molecule has 0 spiro atoms. The SMILES string of the molecule is CCNC(=NCc1c(C)nn(CCOC)c1C)N(C)Cc1ccc(C(F)(F)F)cc1.I. The predicted molar refractivity (Wildman–Crippen MR) is 127 cm³/mol. The van der Waals surface area contributed by atoms with Crippen LogP contribution < -0.4 is 5.32 Å². The third-order valence-corrected chi connectivity index (χ3v) is 4.82. The molecule has 0 aliphatic rings. The van der Waals surface area contributed by atoms with Crippen molar-refractivity contribution in [2.45, 2.75) is 46.6 Å². The Kier molecular flexibility index (Phi) is 10.8. The highest BCUT2D eigenvalue weighted by Crippen LogP contribution is 2.29. The first kappa shape index (κ1) is 27.2. The van der Waals surface area contributed by atoms with Gasteiger partial charge in [-0.25, -0.2) is 4.99 Å². The number of aliphatic imine (C=N–C) groups is 1. The molecule has 6 nitrogen and oxygen atoms in total. The molecule has 174 valence electrons. The molecule has 0 unspecified atom stereocenters. The third kappa shape index (κ3) is 7.67. The van der Waals surface area contributed by atoms with E-state index in [1.807, 2.05) is 37.4 Å². The van der Waals surface area contributed by atoms with Crippen LogP contribution in [0.3, 0.4) is 0 Å². The summed E-state index contributed by atoms with van der Waals surface area (Å²) in [5.74, 6) is 0.681. The fourth-order valence-electron chi connectivity index (χ4n) is 3.13. The Morgan fingerprint density at radius 2 is 1.87 bits per heavy atom. The Morgan fingerprint density at radius 1 is 1.23 bits per heavy atom. The molecule has 0 aliphatic carbocycles. The number of benzene rings is 1. The largest absolute Gasteiger partial charge is 0.416 e. The van der Waals surface area contributed by atoms with Crippen molar-refractivity contribution in [2.24, 2.45) is 4.99 Å². The molecule has 0 radical (unpaired) electrons. The van der Waals surface area contributed by atoms with Gasteiger partial charge in [-0.3, -0.25) is 4.68 Å². The number of rotatable bonds is 8. The van der Waals surface area contributed by atoms with Crippen LogP contribution in [0.5, 0.6) is 0 Å². The first-order valence-electron chi connectivity index (χ1n) is 9.84. The van der Waals surface area contributed by atoms with E-state index in [2.05, 4.69) is 10.4 Å². The molecule has 0 fully saturated rings. The van der Waals surface area contributed by atoms with Crippen LogP contribution in [0, 0.1) is 13.8 Å². The number of ether oxygens (including phenoxy) is 1. The van der Waals surface area contributed by atoms with Crippen LogP contribution >= 0.6 is 24.0 Å². The monoisotopic (exact) mass is 553 g/mol. The Morgan fingerprint density at radius 3 is 2.42 bits per heavy atom. The number of nitrogens with one attached hydrogen (secondary N) is 1. The van der Waals surface area contributed by atoms with Gasteiger partial charge in [0, 0.05) is 38.5 Å². The molecule has 2 rings (SSSR count). The van der Waals surface area contributed by atoms with Gasteiger partial charge in [0.2, 0.25) is 0 Å². The molecule has 1 heterocycles. The van der Waals surface area contributed by atoms with E-state index in [-0.39, 0.29) is 24.0 Å². The van der Waals surface area contributed by atoms with Crippen LogP contribution in [0.1, 0.15) is 35.0 Å². The molecule has 0 saturated carbocycles. The molecule has 0 bridgehead atoms. The lowest BCUT2D eigenvalue weighted by Crippen LogP contribution is -2.38. The summed E-state index contributed by atoms with van der Waals surface area (Å²) in [4.78, 5) is 6.61. The number of halogens is 4. The zero-order chi connectivity index (χ0) is 22.3. The van der Waals surface area contributed by atoms with Crippen molar-refractivity contribution in [1.82, 2.24) is 20.0 Å².